The Balaban J connectivity index is 1.37. The summed E-state index contributed by atoms with van der Waals surface area (Å²) in [6.45, 7) is 0. The van der Waals surface area contributed by atoms with Gasteiger partial charge in [-0.2, -0.15) is 0 Å². The Hall–Kier alpha value is -2.65. The Bertz CT molecular complexity index is 1030. The van der Waals surface area contributed by atoms with Crippen LogP contribution in [0.1, 0.15) is 24.2 Å². The molecule has 0 unspecified atom stereocenters. The van der Waals surface area contributed by atoms with E-state index in [9.17, 15) is 0 Å². The SMILES string of the molecule is Clc1ccccc1CCCCc1cc(-c2ccc3cnccc3c2)no1. The number of pyridine rings is 1. The minimum Gasteiger partial charge on any atom is -0.361 e. The molecule has 2 aromatic carbocycles. The van der Waals surface area contributed by atoms with Crippen LogP contribution in [0.2, 0.25) is 5.02 Å². The van der Waals surface area contributed by atoms with E-state index in [2.05, 4.69) is 34.4 Å². The minimum atomic E-state index is 0.848. The summed E-state index contributed by atoms with van der Waals surface area (Å²) in [5, 5.41) is 7.36. The zero-order chi connectivity index (χ0) is 17.8. The van der Waals surface area contributed by atoms with Crippen LogP contribution < -0.4 is 0 Å². The molecule has 0 bridgehead atoms. The van der Waals surface area contributed by atoms with Crippen LogP contribution in [0.3, 0.4) is 0 Å². The number of nitrogens with zero attached hydrogens (tertiary/aromatic N) is 2. The molecule has 4 rings (SSSR count). The molecule has 0 aliphatic rings. The van der Waals surface area contributed by atoms with Gasteiger partial charge in [-0.1, -0.05) is 47.1 Å². The van der Waals surface area contributed by atoms with Crippen molar-refractivity contribution in [2.75, 3.05) is 0 Å². The van der Waals surface area contributed by atoms with Crippen LogP contribution in [0.5, 0.6) is 0 Å². The second kappa shape index (κ2) is 7.71. The van der Waals surface area contributed by atoms with Gasteiger partial charge in [0.05, 0.1) is 0 Å². The molecule has 130 valence electrons. The zero-order valence-corrected chi connectivity index (χ0v) is 15.1. The highest BCUT2D eigenvalue weighted by atomic mass is 35.5. The highest BCUT2D eigenvalue weighted by Gasteiger charge is 2.08. The molecule has 0 amide bonds. The Morgan fingerprint density at radius 2 is 1.77 bits per heavy atom. The molecule has 2 heterocycles. The molecule has 2 aromatic heterocycles. The van der Waals surface area contributed by atoms with Crippen molar-refractivity contribution in [1.29, 1.82) is 0 Å². The van der Waals surface area contributed by atoms with Crippen LogP contribution >= 0.6 is 11.6 Å². The maximum Gasteiger partial charge on any atom is 0.137 e. The van der Waals surface area contributed by atoms with Gasteiger partial charge in [0.1, 0.15) is 11.5 Å². The Labute approximate surface area is 157 Å². The number of aromatic nitrogens is 2. The van der Waals surface area contributed by atoms with Gasteiger partial charge in [-0.25, -0.2) is 0 Å². The number of halogens is 1. The number of aryl methyl sites for hydroxylation is 2. The highest BCUT2D eigenvalue weighted by Crippen LogP contribution is 2.24. The lowest BCUT2D eigenvalue weighted by atomic mass is 10.0. The van der Waals surface area contributed by atoms with Crippen molar-refractivity contribution in [2.45, 2.75) is 25.7 Å². The van der Waals surface area contributed by atoms with E-state index in [0.29, 0.717) is 0 Å². The average Bonchev–Trinajstić information content (AvgIpc) is 3.15. The van der Waals surface area contributed by atoms with Gasteiger partial charge in [-0.3, -0.25) is 4.98 Å². The Kier molecular flexibility index (Phi) is 4.98. The fourth-order valence-corrected chi connectivity index (χ4v) is 3.36. The molecule has 3 nitrogen and oxygen atoms in total. The van der Waals surface area contributed by atoms with E-state index in [1.54, 1.807) is 6.20 Å². The van der Waals surface area contributed by atoms with Crippen molar-refractivity contribution in [1.82, 2.24) is 10.1 Å². The van der Waals surface area contributed by atoms with Crippen molar-refractivity contribution in [3.63, 3.8) is 0 Å². The fraction of sp³-hybridized carbons (Fsp3) is 0.182. The van der Waals surface area contributed by atoms with Gasteiger partial charge in [0.15, 0.2) is 0 Å². The van der Waals surface area contributed by atoms with Crippen LogP contribution in [-0.2, 0) is 12.8 Å². The molecule has 0 atom stereocenters. The van der Waals surface area contributed by atoms with E-state index in [4.69, 9.17) is 16.1 Å². The standard InChI is InChI=1S/C22H19ClN2O/c23-21-8-4-2-6-16(21)5-1-3-7-20-14-22(25-26-20)18-9-10-19-15-24-12-11-17(19)13-18/h2,4,6,8-15H,1,3,5,7H2. The molecule has 4 heteroatoms. The fourth-order valence-electron chi connectivity index (χ4n) is 3.13. The van der Waals surface area contributed by atoms with Crippen molar-refractivity contribution in [3.8, 4) is 11.3 Å². The summed E-state index contributed by atoms with van der Waals surface area (Å²) in [5.41, 5.74) is 3.15. The van der Waals surface area contributed by atoms with Gasteiger partial charge < -0.3 is 4.52 Å². The second-order valence-corrected chi connectivity index (χ2v) is 6.82. The van der Waals surface area contributed by atoms with E-state index < -0.39 is 0 Å². The summed E-state index contributed by atoms with van der Waals surface area (Å²) in [4.78, 5) is 4.15. The van der Waals surface area contributed by atoms with E-state index in [-0.39, 0.29) is 0 Å². The van der Waals surface area contributed by atoms with Crippen molar-refractivity contribution >= 4 is 22.4 Å². The molecular formula is C22H19ClN2O. The molecule has 0 fully saturated rings. The van der Waals surface area contributed by atoms with Gasteiger partial charge in [0.25, 0.3) is 0 Å². The Morgan fingerprint density at radius 3 is 2.69 bits per heavy atom. The maximum absolute atomic E-state index is 6.20. The summed E-state index contributed by atoms with van der Waals surface area (Å²) in [6, 6.07) is 18.3. The molecule has 0 N–H and O–H groups in total. The molecule has 0 aliphatic heterocycles. The van der Waals surface area contributed by atoms with Gasteiger partial charge in [-0.05, 0) is 48.4 Å². The van der Waals surface area contributed by atoms with Crippen LogP contribution in [0, 0.1) is 0 Å². The summed E-state index contributed by atoms with van der Waals surface area (Å²) in [5.74, 6) is 0.925. The number of unbranched alkanes of at least 4 members (excludes halogenated alkanes) is 1. The first-order valence-electron chi connectivity index (χ1n) is 8.83. The second-order valence-electron chi connectivity index (χ2n) is 6.41. The van der Waals surface area contributed by atoms with E-state index >= 15 is 0 Å². The maximum atomic E-state index is 6.20. The van der Waals surface area contributed by atoms with Crippen LogP contribution in [0.25, 0.3) is 22.0 Å². The lowest BCUT2D eigenvalue weighted by Crippen LogP contribution is -1.89. The van der Waals surface area contributed by atoms with Crippen LogP contribution in [0.4, 0.5) is 0 Å². The highest BCUT2D eigenvalue weighted by molar-refractivity contribution is 6.31. The number of hydrogen-bond acceptors (Lipinski definition) is 3. The van der Waals surface area contributed by atoms with Crippen LogP contribution in [-0.4, -0.2) is 10.1 Å². The molecule has 0 radical (unpaired) electrons. The normalized spacial score (nSPS) is 11.1. The van der Waals surface area contributed by atoms with E-state index in [0.717, 1.165) is 58.5 Å². The number of fused-ring (bicyclic) bond motifs is 1. The third-order valence-corrected chi connectivity index (χ3v) is 4.94. The number of hydrogen-bond donors (Lipinski definition) is 0. The molecular weight excluding hydrogens is 344 g/mol. The first kappa shape index (κ1) is 16.8. The summed E-state index contributed by atoms with van der Waals surface area (Å²) in [7, 11) is 0. The third-order valence-electron chi connectivity index (χ3n) is 4.57. The molecule has 0 saturated heterocycles. The van der Waals surface area contributed by atoms with Gasteiger partial charge in [0.2, 0.25) is 0 Å². The van der Waals surface area contributed by atoms with Gasteiger partial charge >= 0.3 is 0 Å². The molecule has 0 aliphatic carbocycles. The first-order valence-corrected chi connectivity index (χ1v) is 9.20. The first-order chi connectivity index (χ1) is 12.8. The largest absolute Gasteiger partial charge is 0.361 e. The number of rotatable bonds is 6. The molecule has 0 spiro atoms. The predicted octanol–water partition coefficient (Wildman–Crippen LogP) is 6.11. The van der Waals surface area contributed by atoms with Crippen LogP contribution in [0.15, 0.2) is 71.5 Å². The summed E-state index contributed by atoms with van der Waals surface area (Å²) < 4.78 is 5.52. The molecule has 0 saturated carbocycles. The zero-order valence-electron chi connectivity index (χ0n) is 14.4. The van der Waals surface area contributed by atoms with E-state index in [1.165, 1.54) is 5.56 Å². The predicted molar refractivity (Wildman–Crippen MR) is 105 cm³/mol. The summed E-state index contributed by atoms with van der Waals surface area (Å²) in [6.07, 6.45) is 7.66. The summed E-state index contributed by atoms with van der Waals surface area (Å²) >= 11 is 6.20. The monoisotopic (exact) mass is 362 g/mol. The van der Waals surface area contributed by atoms with Gasteiger partial charge in [-0.15, -0.1) is 0 Å². The molecule has 4 aromatic rings. The lowest BCUT2D eigenvalue weighted by molar-refractivity contribution is 0.381. The smallest absolute Gasteiger partial charge is 0.137 e. The third kappa shape index (κ3) is 3.78. The Morgan fingerprint density at radius 1 is 0.885 bits per heavy atom. The lowest BCUT2D eigenvalue weighted by Gasteiger charge is -2.02. The number of benzene rings is 2. The van der Waals surface area contributed by atoms with Gasteiger partial charge in [0, 0.05) is 40.9 Å². The molecule has 26 heavy (non-hydrogen) atoms. The van der Waals surface area contributed by atoms with Crippen molar-refractivity contribution in [3.05, 3.63) is 83.3 Å². The topological polar surface area (TPSA) is 38.9 Å². The van der Waals surface area contributed by atoms with Crippen molar-refractivity contribution < 1.29 is 4.52 Å². The average molecular weight is 363 g/mol. The minimum absolute atomic E-state index is 0.848. The quantitative estimate of drug-likeness (QED) is 0.388. The van der Waals surface area contributed by atoms with Crippen molar-refractivity contribution in [2.24, 2.45) is 0 Å². The van der Waals surface area contributed by atoms with E-state index in [1.807, 2.05) is 36.5 Å².